The summed E-state index contributed by atoms with van der Waals surface area (Å²) in [4.78, 5) is 0. The van der Waals surface area contributed by atoms with Gasteiger partial charge in [-0.1, -0.05) is 18.2 Å². The molecule has 0 radical (unpaired) electrons. The van der Waals surface area contributed by atoms with Crippen molar-refractivity contribution in [2.24, 2.45) is 0 Å². The van der Waals surface area contributed by atoms with Gasteiger partial charge >= 0.3 is 6.18 Å². The third kappa shape index (κ3) is 3.42. The number of alkyl halides is 3. The molecule has 2 rings (SSSR count). The summed E-state index contributed by atoms with van der Waals surface area (Å²) in [6.07, 6.45) is -5.53. The highest BCUT2D eigenvalue weighted by molar-refractivity contribution is 9.13. The largest absolute Gasteiger partial charge is 0.416 e. The van der Waals surface area contributed by atoms with E-state index in [4.69, 9.17) is 0 Å². The van der Waals surface area contributed by atoms with Crippen LogP contribution in [0.4, 0.5) is 13.2 Å². The smallest absolute Gasteiger partial charge is 0.384 e. The number of aliphatic hydroxyl groups is 1. The van der Waals surface area contributed by atoms with Crippen molar-refractivity contribution in [3.63, 3.8) is 0 Å². The maximum atomic E-state index is 12.7. The minimum Gasteiger partial charge on any atom is -0.384 e. The van der Waals surface area contributed by atoms with Gasteiger partial charge in [-0.15, -0.1) is 0 Å². The zero-order valence-corrected chi connectivity index (χ0v) is 13.1. The quantitative estimate of drug-likeness (QED) is 0.712. The topological polar surface area (TPSA) is 20.2 Å². The van der Waals surface area contributed by atoms with Crippen LogP contribution in [0.5, 0.6) is 0 Å². The molecule has 1 N–H and O–H groups in total. The highest BCUT2D eigenvalue weighted by Gasteiger charge is 2.31. The van der Waals surface area contributed by atoms with E-state index in [0.717, 1.165) is 21.1 Å². The van der Waals surface area contributed by atoms with E-state index in [0.29, 0.717) is 5.56 Å². The fraction of sp³-hybridized carbons (Fsp3) is 0.143. The van der Waals surface area contributed by atoms with Crippen molar-refractivity contribution < 1.29 is 18.3 Å². The molecule has 6 heteroatoms. The molecule has 0 aliphatic rings. The Morgan fingerprint density at radius 2 is 1.55 bits per heavy atom. The Balaban J connectivity index is 2.38. The molecule has 0 bridgehead atoms. The summed E-state index contributed by atoms with van der Waals surface area (Å²) in [5, 5.41) is 10.2. The fourth-order valence-corrected chi connectivity index (χ4v) is 2.40. The van der Waals surface area contributed by atoms with Crippen LogP contribution >= 0.6 is 31.9 Å². The van der Waals surface area contributed by atoms with Crippen LogP contribution in [0.3, 0.4) is 0 Å². The summed E-state index contributed by atoms with van der Waals surface area (Å²) in [7, 11) is 0. The standard InChI is InChI=1S/C14H9Br2F3O/c15-11-5-4-9(7-12(11)16)13(20)8-2-1-3-10(6-8)14(17,18)19/h1-7,13,20H. The van der Waals surface area contributed by atoms with E-state index in [1.54, 1.807) is 18.2 Å². The van der Waals surface area contributed by atoms with Crippen molar-refractivity contribution in [3.05, 3.63) is 68.1 Å². The Kier molecular flexibility index (Phi) is 4.56. The Morgan fingerprint density at radius 1 is 0.900 bits per heavy atom. The fourth-order valence-electron chi connectivity index (χ4n) is 1.76. The molecule has 1 nitrogen and oxygen atoms in total. The molecule has 0 spiro atoms. The van der Waals surface area contributed by atoms with Crippen molar-refractivity contribution in [3.8, 4) is 0 Å². The van der Waals surface area contributed by atoms with Crippen molar-refractivity contribution in [2.75, 3.05) is 0 Å². The number of benzene rings is 2. The van der Waals surface area contributed by atoms with Gasteiger partial charge in [0.05, 0.1) is 5.56 Å². The van der Waals surface area contributed by atoms with Crippen molar-refractivity contribution >= 4 is 31.9 Å². The Morgan fingerprint density at radius 3 is 2.15 bits per heavy atom. The molecule has 20 heavy (non-hydrogen) atoms. The maximum Gasteiger partial charge on any atom is 0.416 e. The van der Waals surface area contributed by atoms with E-state index >= 15 is 0 Å². The van der Waals surface area contributed by atoms with Crippen molar-refractivity contribution in [1.82, 2.24) is 0 Å². The molecular formula is C14H9Br2F3O. The Hall–Kier alpha value is -0.850. The van der Waals surface area contributed by atoms with Gasteiger partial charge in [-0.05, 0) is 67.3 Å². The van der Waals surface area contributed by atoms with Gasteiger partial charge in [0.15, 0.2) is 0 Å². The van der Waals surface area contributed by atoms with Gasteiger partial charge < -0.3 is 5.11 Å². The zero-order valence-electron chi connectivity index (χ0n) is 9.96. The molecule has 0 aliphatic heterocycles. The summed E-state index contributed by atoms with van der Waals surface area (Å²) in [5.74, 6) is 0. The summed E-state index contributed by atoms with van der Waals surface area (Å²) >= 11 is 6.59. The minimum atomic E-state index is -4.42. The van der Waals surface area contributed by atoms with Gasteiger partial charge in [-0.3, -0.25) is 0 Å². The van der Waals surface area contributed by atoms with E-state index in [2.05, 4.69) is 31.9 Å². The Bertz CT molecular complexity index is 626. The number of halogens is 5. The third-order valence-electron chi connectivity index (χ3n) is 2.79. The maximum absolute atomic E-state index is 12.7. The molecular weight excluding hydrogens is 401 g/mol. The Labute approximate surface area is 130 Å². The van der Waals surface area contributed by atoms with Gasteiger partial charge in [-0.25, -0.2) is 0 Å². The lowest BCUT2D eigenvalue weighted by Crippen LogP contribution is -2.07. The van der Waals surface area contributed by atoms with Crippen LogP contribution in [-0.2, 0) is 6.18 Å². The molecule has 0 amide bonds. The minimum absolute atomic E-state index is 0.203. The SMILES string of the molecule is OC(c1cccc(C(F)(F)F)c1)c1ccc(Br)c(Br)c1. The van der Waals surface area contributed by atoms with Gasteiger partial charge in [0.25, 0.3) is 0 Å². The van der Waals surface area contributed by atoms with E-state index in [-0.39, 0.29) is 5.56 Å². The highest BCUT2D eigenvalue weighted by Crippen LogP contribution is 2.33. The molecule has 1 atom stereocenters. The van der Waals surface area contributed by atoms with E-state index in [9.17, 15) is 18.3 Å². The van der Waals surface area contributed by atoms with Crippen LogP contribution in [-0.4, -0.2) is 5.11 Å². The molecule has 2 aromatic carbocycles. The first kappa shape index (κ1) is 15.5. The van der Waals surface area contributed by atoms with Crippen LogP contribution < -0.4 is 0 Å². The molecule has 1 unspecified atom stereocenters. The third-order valence-corrected chi connectivity index (χ3v) is 4.67. The average Bonchev–Trinajstić information content (AvgIpc) is 2.40. The van der Waals surface area contributed by atoms with Gasteiger partial charge in [0, 0.05) is 8.95 Å². The lowest BCUT2D eigenvalue weighted by molar-refractivity contribution is -0.137. The lowest BCUT2D eigenvalue weighted by Gasteiger charge is -2.14. The zero-order chi connectivity index (χ0) is 14.9. The molecule has 0 heterocycles. The second-order valence-corrected chi connectivity index (χ2v) is 5.91. The lowest BCUT2D eigenvalue weighted by atomic mass is 10.00. The molecule has 0 aromatic heterocycles. The first-order valence-electron chi connectivity index (χ1n) is 5.59. The van der Waals surface area contributed by atoms with Crippen LogP contribution in [0.1, 0.15) is 22.8 Å². The van der Waals surface area contributed by atoms with Crippen LogP contribution in [0.15, 0.2) is 51.4 Å². The van der Waals surface area contributed by atoms with Crippen molar-refractivity contribution in [1.29, 1.82) is 0 Å². The summed E-state index contributed by atoms with van der Waals surface area (Å²) in [5.41, 5.74) is -0.0568. The average molecular weight is 410 g/mol. The molecule has 0 aliphatic carbocycles. The van der Waals surface area contributed by atoms with Gasteiger partial charge in [-0.2, -0.15) is 13.2 Å². The molecule has 0 fully saturated rings. The molecule has 0 saturated carbocycles. The highest BCUT2D eigenvalue weighted by atomic mass is 79.9. The van der Waals surface area contributed by atoms with E-state index < -0.39 is 17.8 Å². The van der Waals surface area contributed by atoms with Crippen LogP contribution in [0.25, 0.3) is 0 Å². The number of hydrogen-bond acceptors (Lipinski definition) is 1. The monoisotopic (exact) mass is 408 g/mol. The van der Waals surface area contributed by atoms with E-state index in [1.165, 1.54) is 12.1 Å². The van der Waals surface area contributed by atoms with Gasteiger partial charge in [0.2, 0.25) is 0 Å². The van der Waals surface area contributed by atoms with E-state index in [1.807, 2.05) is 0 Å². The number of aliphatic hydroxyl groups excluding tert-OH is 1. The number of rotatable bonds is 2. The molecule has 106 valence electrons. The second kappa shape index (κ2) is 5.87. The molecule has 0 saturated heterocycles. The van der Waals surface area contributed by atoms with Crippen molar-refractivity contribution in [2.45, 2.75) is 12.3 Å². The predicted octanol–water partition coefficient (Wildman–Crippen LogP) is 5.31. The molecule has 2 aromatic rings. The summed E-state index contributed by atoms with van der Waals surface area (Å²) in [6.45, 7) is 0. The summed E-state index contributed by atoms with van der Waals surface area (Å²) in [6, 6.07) is 9.73. The van der Waals surface area contributed by atoms with Crippen LogP contribution in [0, 0.1) is 0 Å². The van der Waals surface area contributed by atoms with Crippen LogP contribution in [0.2, 0.25) is 0 Å². The first-order chi connectivity index (χ1) is 9.29. The second-order valence-electron chi connectivity index (χ2n) is 4.20. The predicted molar refractivity (Wildman–Crippen MR) is 77.3 cm³/mol. The first-order valence-corrected chi connectivity index (χ1v) is 7.18. The summed E-state index contributed by atoms with van der Waals surface area (Å²) < 4.78 is 39.5. The van der Waals surface area contributed by atoms with Gasteiger partial charge in [0.1, 0.15) is 6.10 Å². The normalized spacial score (nSPS) is 13.3. The number of hydrogen-bond donors (Lipinski definition) is 1.